The molecule has 0 radical (unpaired) electrons. The molecule has 5 heteroatoms. The van der Waals surface area contributed by atoms with Crippen LogP contribution in [0.3, 0.4) is 0 Å². The molecule has 0 saturated carbocycles. The minimum absolute atomic E-state index is 0.128. The number of hydrogen-bond acceptors (Lipinski definition) is 4. The maximum Gasteiger partial charge on any atom is 0.243 e. The van der Waals surface area contributed by atoms with Gasteiger partial charge in [0.2, 0.25) is 5.91 Å². The van der Waals surface area contributed by atoms with Crippen LogP contribution in [-0.2, 0) is 17.6 Å². The van der Waals surface area contributed by atoms with Gasteiger partial charge in [-0.2, -0.15) is 5.26 Å². The van der Waals surface area contributed by atoms with Crippen LogP contribution in [-0.4, -0.2) is 44.1 Å². The Hall–Kier alpha value is -4.30. The predicted molar refractivity (Wildman–Crippen MR) is 160 cm³/mol. The van der Waals surface area contributed by atoms with Gasteiger partial charge < -0.3 is 14.5 Å². The van der Waals surface area contributed by atoms with Gasteiger partial charge in [-0.05, 0) is 65.8 Å². The summed E-state index contributed by atoms with van der Waals surface area (Å²) in [4.78, 5) is 18.8. The number of carbonyl (C=O) groups is 1. The van der Waals surface area contributed by atoms with Crippen LogP contribution in [0.15, 0.2) is 84.9 Å². The lowest BCUT2D eigenvalue weighted by Gasteiger charge is -2.41. The molecule has 4 aromatic rings. The normalized spacial score (nSPS) is 17.1. The van der Waals surface area contributed by atoms with Gasteiger partial charge in [-0.1, -0.05) is 72.8 Å². The lowest BCUT2D eigenvalue weighted by atomic mass is 9.68. The van der Waals surface area contributed by atoms with E-state index in [2.05, 4.69) is 53.4 Å². The van der Waals surface area contributed by atoms with Crippen molar-refractivity contribution in [3.63, 3.8) is 0 Å². The van der Waals surface area contributed by atoms with Crippen molar-refractivity contribution in [3.8, 4) is 11.8 Å². The number of aryl methyl sites for hydroxylation is 1. The van der Waals surface area contributed by atoms with E-state index >= 15 is 0 Å². The minimum atomic E-state index is -1.34. The van der Waals surface area contributed by atoms with Crippen molar-refractivity contribution in [2.24, 2.45) is 5.41 Å². The van der Waals surface area contributed by atoms with E-state index in [1.54, 1.807) is 7.11 Å². The minimum Gasteiger partial charge on any atom is -0.496 e. The van der Waals surface area contributed by atoms with Crippen LogP contribution < -0.4 is 9.64 Å². The first-order valence-electron chi connectivity index (χ1n) is 14.2. The number of ether oxygens (including phenoxy) is 1. The molecule has 5 nitrogen and oxygen atoms in total. The Morgan fingerprint density at radius 3 is 2.38 bits per heavy atom. The molecule has 0 N–H and O–H groups in total. The highest BCUT2D eigenvalue weighted by atomic mass is 16.5. The number of nitrogens with zero attached hydrogens (tertiary/aromatic N) is 3. The van der Waals surface area contributed by atoms with Crippen LogP contribution >= 0.6 is 0 Å². The molecule has 0 aromatic heterocycles. The Morgan fingerprint density at radius 1 is 0.875 bits per heavy atom. The first-order valence-corrected chi connectivity index (χ1v) is 14.2. The molecular formula is C35H35N3O2. The van der Waals surface area contributed by atoms with E-state index in [1.165, 1.54) is 23.2 Å². The second-order valence-corrected chi connectivity index (χ2v) is 11.1. The zero-order chi connectivity index (χ0) is 27.7. The highest BCUT2D eigenvalue weighted by molar-refractivity contribution is 5.91. The molecule has 1 fully saturated rings. The van der Waals surface area contributed by atoms with Crippen molar-refractivity contribution >= 4 is 22.4 Å². The van der Waals surface area contributed by atoms with E-state index in [0.717, 1.165) is 47.8 Å². The Kier molecular flexibility index (Phi) is 6.94. The van der Waals surface area contributed by atoms with Crippen LogP contribution in [0.2, 0.25) is 0 Å². The first-order chi connectivity index (χ1) is 19.5. The van der Waals surface area contributed by atoms with Gasteiger partial charge in [-0.15, -0.1) is 0 Å². The fourth-order valence-electron chi connectivity index (χ4n) is 6.81. The standard InChI is InChI=1S/C35H35N3O2/c1-35(24-36,34(39)38-22-20-37(21-23-38)31-18-9-13-26-12-7-16-28(26)31)33(30-15-5-6-19-32(30)40-2)29-17-8-11-25-10-3-4-14-27(25)29/h3-6,8-11,13-15,17-19,33H,7,12,16,20-23H2,1-2H3/t33-,35+/m0/s1. The van der Waals surface area contributed by atoms with Crippen molar-refractivity contribution in [1.82, 2.24) is 4.90 Å². The lowest BCUT2D eigenvalue weighted by molar-refractivity contribution is -0.139. The molecule has 202 valence electrons. The highest BCUT2D eigenvalue weighted by Crippen LogP contribution is 2.47. The summed E-state index contributed by atoms with van der Waals surface area (Å²) in [5.74, 6) is 0.0388. The number of benzene rings is 4. The van der Waals surface area contributed by atoms with Gasteiger partial charge in [0, 0.05) is 43.3 Å². The van der Waals surface area contributed by atoms with Gasteiger partial charge in [-0.25, -0.2) is 0 Å². The Labute approximate surface area is 236 Å². The van der Waals surface area contributed by atoms with Gasteiger partial charge in [0.1, 0.15) is 11.2 Å². The SMILES string of the molecule is COc1ccccc1[C@H](c1cccc2ccccc12)[C@@](C)(C#N)C(=O)N1CCN(c2cccc3c2CCC3)CC1. The average Bonchev–Trinajstić information content (AvgIpc) is 3.50. The van der Waals surface area contributed by atoms with Crippen molar-refractivity contribution in [2.75, 3.05) is 38.2 Å². The number of anilines is 1. The summed E-state index contributed by atoms with van der Waals surface area (Å²) in [7, 11) is 1.64. The lowest BCUT2D eigenvalue weighted by Crippen LogP contribution is -2.54. The van der Waals surface area contributed by atoms with Crippen LogP contribution in [0, 0.1) is 16.7 Å². The smallest absolute Gasteiger partial charge is 0.243 e. The number of piperazine rings is 1. The van der Waals surface area contributed by atoms with E-state index in [9.17, 15) is 10.1 Å². The number of rotatable bonds is 6. The molecule has 1 amide bonds. The Bertz CT molecular complexity index is 1590. The number of hydrogen-bond donors (Lipinski definition) is 0. The maximum atomic E-state index is 14.4. The van der Waals surface area contributed by atoms with E-state index < -0.39 is 11.3 Å². The second kappa shape index (κ2) is 10.7. The molecule has 0 spiro atoms. The fourth-order valence-corrected chi connectivity index (χ4v) is 6.81. The van der Waals surface area contributed by atoms with Gasteiger partial charge >= 0.3 is 0 Å². The quantitative estimate of drug-likeness (QED) is 0.292. The van der Waals surface area contributed by atoms with Crippen molar-refractivity contribution in [2.45, 2.75) is 32.1 Å². The molecule has 1 aliphatic carbocycles. The molecule has 40 heavy (non-hydrogen) atoms. The van der Waals surface area contributed by atoms with Crippen LogP contribution in [0.5, 0.6) is 5.75 Å². The zero-order valence-electron chi connectivity index (χ0n) is 23.3. The van der Waals surface area contributed by atoms with E-state index in [0.29, 0.717) is 18.8 Å². The van der Waals surface area contributed by atoms with Gasteiger partial charge in [0.25, 0.3) is 0 Å². The average molecular weight is 530 g/mol. The molecular weight excluding hydrogens is 494 g/mol. The molecule has 6 rings (SSSR count). The third-order valence-corrected chi connectivity index (χ3v) is 8.87. The molecule has 0 bridgehead atoms. The Morgan fingerprint density at radius 2 is 1.57 bits per heavy atom. The van der Waals surface area contributed by atoms with Crippen LogP contribution in [0.4, 0.5) is 5.69 Å². The number of amides is 1. The van der Waals surface area contributed by atoms with Crippen molar-refractivity contribution < 1.29 is 9.53 Å². The summed E-state index contributed by atoms with van der Waals surface area (Å²) in [6.07, 6.45) is 3.49. The number of fused-ring (bicyclic) bond motifs is 2. The number of carbonyl (C=O) groups excluding carboxylic acids is 1. The molecule has 4 aromatic carbocycles. The van der Waals surface area contributed by atoms with Crippen molar-refractivity contribution in [1.29, 1.82) is 5.26 Å². The molecule has 0 unspecified atom stereocenters. The van der Waals surface area contributed by atoms with Gasteiger partial charge in [0.15, 0.2) is 0 Å². The molecule has 2 atom stereocenters. The predicted octanol–water partition coefficient (Wildman–Crippen LogP) is 6.35. The summed E-state index contributed by atoms with van der Waals surface area (Å²) in [6, 6.07) is 31.2. The van der Waals surface area contributed by atoms with E-state index in [-0.39, 0.29) is 5.91 Å². The first kappa shape index (κ1) is 26.0. The zero-order valence-corrected chi connectivity index (χ0v) is 23.3. The summed E-state index contributed by atoms with van der Waals surface area (Å²) >= 11 is 0. The second-order valence-electron chi connectivity index (χ2n) is 11.1. The van der Waals surface area contributed by atoms with Gasteiger partial charge in [0.05, 0.1) is 13.2 Å². The topological polar surface area (TPSA) is 56.6 Å². The molecule has 1 heterocycles. The number of para-hydroxylation sites is 1. The van der Waals surface area contributed by atoms with E-state index in [4.69, 9.17) is 4.74 Å². The summed E-state index contributed by atoms with van der Waals surface area (Å²) in [5, 5.41) is 12.9. The molecule has 1 saturated heterocycles. The van der Waals surface area contributed by atoms with Crippen LogP contribution in [0.25, 0.3) is 10.8 Å². The molecule has 1 aliphatic heterocycles. The monoisotopic (exact) mass is 529 g/mol. The van der Waals surface area contributed by atoms with Crippen LogP contribution in [0.1, 0.15) is 41.5 Å². The van der Waals surface area contributed by atoms with Gasteiger partial charge in [-0.3, -0.25) is 4.79 Å². The number of nitriles is 1. The number of methoxy groups -OCH3 is 1. The summed E-state index contributed by atoms with van der Waals surface area (Å²) in [5.41, 5.74) is 4.71. The molecule has 2 aliphatic rings. The van der Waals surface area contributed by atoms with Crippen molar-refractivity contribution in [3.05, 3.63) is 107 Å². The Balaban J connectivity index is 1.36. The largest absolute Gasteiger partial charge is 0.496 e. The maximum absolute atomic E-state index is 14.4. The van der Waals surface area contributed by atoms with E-state index in [1.807, 2.05) is 54.3 Å². The fraction of sp³-hybridized carbons (Fsp3) is 0.314. The summed E-state index contributed by atoms with van der Waals surface area (Å²) in [6.45, 7) is 4.52. The highest BCUT2D eigenvalue weighted by Gasteiger charge is 2.47. The third kappa shape index (κ3) is 4.38. The third-order valence-electron chi connectivity index (χ3n) is 8.87. The summed E-state index contributed by atoms with van der Waals surface area (Å²) < 4.78 is 5.78.